The van der Waals surface area contributed by atoms with E-state index in [1.54, 1.807) is 17.0 Å². The number of thiazole rings is 1. The Morgan fingerprint density at radius 3 is 2.86 bits per heavy atom. The van der Waals surface area contributed by atoms with Crippen LogP contribution in [0.3, 0.4) is 0 Å². The molecule has 2 aromatic carbocycles. The van der Waals surface area contributed by atoms with Gasteiger partial charge in [0.05, 0.1) is 11.4 Å². The number of carbonyl (C=O) groups excluding carboxylic acids is 2. The zero-order valence-electron chi connectivity index (χ0n) is 15.3. The van der Waals surface area contributed by atoms with Gasteiger partial charge in [0.15, 0.2) is 11.7 Å². The molecule has 6 nitrogen and oxygen atoms in total. The molecule has 3 aromatic rings. The van der Waals surface area contributed by atoms with Gasteiger partial charge in [0, 0.05) is 23.1 Å². The highest BCUT2D eigenvalue weighted by molar-refractivity contribution is 7.14. The smallest absolute Gasteiger partial charge is 0.265 e. The largest absolute Gasteiger partial charge is 0.482 e. The summed E-state index contributed by atoms with van der Waals surface area (Å²) in [7, 11) is 0. The first-order chi connectivity index (χ1) is 13.7. The predicted molar refractivity (Wildman–Crippen MR) is 110 cm³/mol. The molecule has 0 spiro atoms. The van der Waals surface area contributed by atoms with E-state index in [4.69, 9.17) is 4.74 Å². The van der Waals surface area contributed by atoms with Crippen LogP contribution in [0, 0.1) is 0 Å². The van der Waals surface area contributed by atoms with Crippen LogP contribution in [0.5, 0.6) is 5.75 Å². The van der Waals surface area contributed by atoms with Crippen molar-refractivity contribution in [2.45, 2.75) is 13.3 Å². The predicted octanol–water partition coefficient (Wildman–Crippen LogP) is 4.20. The third-order valence-corrected chi connectivity index (χ3v) is 5.16. The summed E-state index contributed by atoms with van der Waals surface area (Å²) in [6.45, 7) is 2.75. The Balaban J connectivity index is 1.57. The molecule has 1 N–H and O–H groups in total. The van der Waals surface area contributed by atoms with E-state index in [0.29, 0.717) is 23.0 Å². The van der Waals surface area contributed by atoms with E-state index in [-0.39, 0.29) is 18.4 Å². The summed E-state index contributed by atoms with van der Waals surface area (Å²) in [6.07, 6.45) is 0.863. The van der Waals surface area contributed by atoms with E-state index in [2.05, 4.69) is 10.3 Å². The molecule has 0 aliphatic carbocycles. The number of nitrogens with one attached hydrogen (secondary N) is 1. The minimum atomic E-state index is -0.194. The molecule has 1 aromatic heterocycles. The number of amides is 2. The first-order valence-corrected chi connectivity index (χ1v) is 9.93. The van der Waals surface area contributed by atoms with E-state index in [1.807, 2.05) is 48.7 Å². The molecule has 2 heterocycles. The van der Waals surface area contributed by atoms with Gasteiger partial charge in [0.1, 0.15) is 5.75 Å². The molecule has 0 fully saturated rings. The normalized spacial score (nSPS) is 13.0. The summed E-state index contributed by atoms with van der Waals surface area (Å²) < 4.78 is 5.54. The van der Waals surface area contributed by atoms with Crippen molar-refractivity contribution in [3.63, 3.8) is 0 Å². The molecule has 0 radical (unpaired) electrons. The van der Waals surface area contributed by atoms with E-state index < -0.39 is 0 Å². The quantitative estimate of drug-likeness (QED) is 0.705. The third-order valence-electron chi connectivity index (χ3n) is 4.41. The second kappa shape index (κ2) is 7.82. The lowest BCUT2D eigenvalue weighted by atomic mass is 10.1. The average Bonchev–Trinajstić information content (AvgIpc) is 3.19. The van der Waals surface area contributed by atoms with Crippen LogP contribution in [0.4, 0.5) is 10.8 Å². The molecule has 4 rings (SSSR count). The summed E-state index contributed by atoms with van der Waals surface area (Å²) >= 11 is 1.36. The third kappa shape index (κ3) is 3.61. The average molecular weight is 393 g/mol. The van der Waals surface area contributed by atoms with Gasteiger partial charge < -0.3 is 9.64 Å². The lowest BCUT2D eigenvalue weighted by Gasteiger charge is -2.29. The number of nitrogens with zero attached hydrogens (tertiary/aromatic N) is 2. The molecule has 0 bridgehead atoms. The van der Waals surface area contributed by atoms with Crippen LogP contribution in [0.2, 0.25) is 0 Å². The molecular weight excluding hydrogens is 374 g/mol. The van der Waals surface area contributed by atoms with Gasteiger partial charge in [0.25, 0.3) is 11.8 Å². The number of fused-ring (bicyclic) bond motifs is 1. The Labute approximate surface area is 166 Å². The number of hydrogen-bond acceptors (Lipinski definition) is 5. The van der Waals surface area contributed by atoms with Crippen molar-refractivity contribution in [1.29, 1.82) is 0 Å². The number of rotatable bonds is 5. The van der Waals surface area contributed by atoms with Crippen LogP contribution in [0.15, 0.2) is 53.9 Å². The Morgan fingerprint density at radius 2 is 2.07 bits per heavy atom. The van der Waals surface area contributed by atoms with Crippen LogP contribution in [-0.2, 0) is 4.79 Å². The first kappa shape index (κ1) is 18.2. The van der Waals surface area contributed by atoms with Gasteiger partial charge in [-0.05, 0) is 36.8 Å². The second-order valence-corrected chi connectivity index (χ2v) is 7.23. The summed E-state index contributed by atoms with van der Waals surface area (Å²) in [5, 5.41) is 5.24. The Morgan fingerprint density at radius 1 is 1.25 bits per heavy atom. The lowest BCUT2D eigenvalue weighted by molar-refractivity contribution is -0.121. The van der Waals surface area contributed by atoms with Crippen molar-refractivity contribution in [2.24, 2.45) is 0 Å². The standard InChI is InChI=1S/C21H19N3O3S/c1-2-10-24-17-11-15(8-9-18(17)27-12-19(24)25)16-13-28-21(22-16)23-20(26)14-6-4-3-5-7-14/h3-9,11,13H,2,10,12H2,1H3,(H,22,23,26). The fourth-order valence-electron chi connectivity index (χ4n) is 3.05. The van der Waals surface area contributed by atoms with E-state index >= 15 is 0 Å². The fourth-order valence-corrected chi connectivity index (χ4v) is 3.77. The van der Waals surface area contributed by atoms with Crippen molar-refractivity contribution in [2.75, 3.05) is 23.4 Å². The van der Waals surface area contributed by atoms with Crippen LogP contribution in [0.1, 0.15) is 23.7 Å². The fraction of sp³-hybridized carbons (Fsp3) is 0.190. The van der Waals surface area contributed by atoms with Gasteiger partial charge in [-0.3, -0.25) is 14.9 Å². The number of carbonyl (C=O) groups is 2. The SMILES string of the molecule is CCCN1C(=O)COc2ccc(-c3csc(NC(=O)c4ccccc4)n3)cc21. The summed E-state index contributed by atoms with van der Waals surface area (Å²) in [4.78, 5) is 30.8. The zero-order valence-corrected chi connectivity index (χ0v) is 16.2. The molecular formula is C21H19N3O3S. The zero-order chi connectivity index (χ0) is 19.5. The van der Waals surface area contributed by atoms with Crippen LogP contribution >= 0.6 is 11.3 Å². The number of benzene rings is 2. The van der Waals surface area contributed by atoms with Crippen molar-refractivity contribution in [3.8, 4) is 17.0 Å². The van der Waals surface area contributed by atoms with E-state index in [9.17, 15) is 9.59 Å². The van der Waals surface area contributed by atoms with Crippen molar-refractivity contribution < 1.29 is 14.3 Å². The van der Waals surface area contributed by atoms with Crippen molar-refractivity contribution in [1.82, 2.24) is 4.98 Å². The van der Waals surface area contributed by atoms with Crippen LogP contribution in [0.25, 0.3) is 11.3 Å². The van der Waals surface area contributed by atoms with Crippen LogP contribution < -0.4 is 15.0 Å². The summed E-state index contributed by atoms with van der Waals surface area (Å²) in [5.41, 5.74) is 2.96. The second-order valence-electron chi connectivity index (χ2n) is 6.37. The molecule has 0 unspecified atom stereocenters. The van der Waals surface area contributed by atoms with E-state index in [1.165, 1.54) is 11.3 Å². The highest BCUT2D eigenvalue weighted by Crippen LogP contribution is 2.36. The minimum Gasteiger partial charge on any atom is -0.482 e. The lowest BCUT2D eigenvalue weighted by Crippen LogP contribution is -2.39. The number of ether oxygens (including phenoxy) is 1. The molecule has 7 heteroatoms. The molecule has 0 saturated carbocycles. The van der Waals surface area contributed by atoms with Crippen LogP contribution in [-0.4, -0.2) is 29.9 Å². The number of anilines is 2. The van der Waals surface area contributed by atoms with Crippen molar-refractivity contribution >= 4 is 34.0 Å². The maximum Gasteiger partial charge on any atom is 0.265 e. The van der Waals surface area contributed by atoms with E-state index in [0.717, 1.165) is 23.4 Å². The molecule has 0 saturated heterocycles. The van der Waals surface area contributed by atoms with Crippen molar-refractivity contribution in [3.05, 3.63) is 59.5 Å². The molecule has 2 amide bonds. The topological polar surface area (TPSA) is 71.5 Å². The highest BCUT2D eigenvalue weighted by Gasteiger charge is 2.25. The van der Waals surface area contributed by atoms with Gasteiger partial charge in [0.2, 0.25) is 0 Å². The highest BCUT2D eigenvalue weighted by atomic mass is 32.1. The molecule has 142 valence electrons. The van der Waals surface area contributed by atoms with Gasteiger partial charge in [-0.15, -0.1) is 11.3 Å². The maximum atomic E-state index is 12.3. The molecule has 1 aliphatic heterocycles. The molecule has 1 aliphatic rings. The van der Waals surface area contributed by atoms with Gasteiger partial charge >= 0.3 is 0 Å². The maximum absolute atomic E-state index is 12.3. The Bertz CT molecular complexity index is 1020. The molecule has 0 atom stereocenters. The monoisotopic (exact) mass is 393 g/mol. The van der Waals surface area contributed by atoms with Gasteiger partial charge in [-0.1, -0.05) is 25.1 Å². The Kier molecular flexibility index (Phi) is 5.08. The summed E-state index contributed by atoms with van der Waals surface area (Å²) in [6, 6.07) is 14.7. The summed E-state index contributed by atoms with van der Waals surface area (Å²) in [5.74, 6) is 0.463. The van der Waals surface area contributed by atoms with Gasteiger partial charge in [-0.25, -0.2) is 4.98 Å². The molecule has 28 heavy (non-hydrogen) atoms. The first-order valence-electron chi connectivity index (χ1n) is 9.05. The number of aromatic nitrogens is 1. The minimum absolute atomic E-state index is 0.0411. The number of hydrogen-bond donors (Lipinski definition) is 1. The van der Waals surface area contributed by atoms with Gasteiger partial charge in [-0.2, -0.15) is 0 Å². The Hall–Kier alpha value is -3.19.